The molecule has 4 aromatic rings. The number of benzene rings is 2. The summed E-state index contributed by atoms with van der Waals surface area (Å²) >= 11 is 6.30. The van der Waals surface area contributed by atoms with Crippen molar-refractivity contribution in [3.8, 4) is 5.75 Å². The molecule has 2 aliphatic rings. The highest BCUT2D eigenvalue weighted by Gasteiger charge is 2.41. The summed E-state index contributed by atoms with van der Waals surface area (Å²) in [4.78, 5) is 4.28. The van der Waals surface area contributed by atoms with Crippen molar-refractivity contribution in [1.29, 1.82) is 0 Å². The van der Waals surface area contributed by atoms with Gasteiger partial charge < -0.3 is 10.1 Å². The lowest BCUT2D eigenvalue weighted by Crippen LogP contribution is -2.32. The third-order valence-corrected chi connectivity index (χ3v) is 5.68. The van der Waals surface area contributed by atoms with Gasteiger partial charge in [-0.15, -0.1) is 0 Å². The van der Waals surface area contributed by atoms with E-state index in [1.54, 1.807) is 29.2 Å². The number of nitrogens with zero attached hydrogens (tertiary/aromatic N) is 5. The fraction of sp³-hybridized carbons (Fsp3) is 0.0909. The Labute approximate surface area is 181 Å². The van der Waals surface area contributed by atoms with Crippen LogP contribution in [0.15, 0.2) is 72.6 Å². The number of nitrogens with one attached hydrogen (secondary N) is 1. The maximum Gasteiger partial charge on any atom is 0.248 e. The summed E-state index contributed by atoms with van der Waals surface area (Å²) in [5.74, 6) is 0.782. The summed E-state index contributed by atoms with van der Waals surface area (Å²) < 4.78 is 22.2. The molecule has 1 N–H and O–H groups in total. The largest absolute Gasteiger partial charge is 0.480 e. The van der Waals surface area contributed by atoms with E-state index in [0.717, 1.165) is 22.4 Å². The lowest BCUT2D eigenvalue weighted by Gasteiger charge is -2.38. The second-order valence-corrected chi connectivity index (χ2v) is 7.72. The van der Waals surface area contributed by atoms with Crippen LogP contribution in [0.1, 0.15) is 28.8 Å². The van der Waals surface area contributed by atoms with Gasteiger partial charge in [0.1, 0.15) is 23.7 Å². The van der Waals surface area contributed by atoms with E-state index in [2.05, 4.69) is 25.8 Å². The molecule has 2 atom stereocenters. The molecular weight excluding hydrogens is 419 g/mol. The minimum Gasteiger partial charge on any atom is -0.480 e. The van der Waals surface area contributed by atoms with Crippen molar-refractivity contribution < 1.29 is 9.13 Å². The number of tetrazole rings is 1. The van der Waals surface area contributed by atoms with Crippen LogP contribution in [-0.2, 0) is 0 Å². The highest BCUT2D eigenvalue weighted by molar-refractivity contribution is 6.30. The van der Waals surface area contributed by atoms with Gasteiger partial charge in [-0.05, 0) is 58.0 Å². The van der Waals surface area contributed by atoms with Gasteiger partial charge in [0.05, 0.1) is 5.70 Å². The first-order chi connectivity index (χ1) is 15.2. The fourth-order valence-electron chi connectivity index (χ4n) is 4.17. The van der Waals surface area contributed by atoms with Crippen LogP contribution in [0.4, 0.5) is 10.3 Å². The van der Waals surface area contributed by atoms with E-state index in [1.807, 2.05) is 30.3 Å². The number of aromatic nitrogens is 5. The number of pyridine rings is 1. The molecule has 0 radical (unpaired) electrons. The molecule has 2 aliphatic heterocycles. The molecule has 152 valence electrons. The Hall–Kier alpha value is -3.78. The van der Waals surface area contributed by atoms with Crippen molar-refractivity contribution in [3.05, 3.63) is 100 Å². The summed E-state index contributed by atoms with van der Waals surface area (Å²) in [5, 5.41) is 16.1. The average Bonchev–Trinajstić information content (AvgIpc) is 3.26. The molecule has 0 saturated heterocycles. The SMILES string of the molecule is Fc1cccc([C@@H]2Oc3ccc(Cl)cc3C3=C2[C@H](c2cccnc2)n2nnnc2N3)c1. The zero-order chi connectivity index (χ0) is 20.9. The normalized spacial score (nSPS) is 19.0. The molecule has 7 nitrogen and oxygen atoms in total. The van der Waals surface area contributed by atoms with E-state index in [9.17, 15) is 4.39 Å². The van der Waals surface area contributed by atoms with Crippen LogP contribution in [0.25, 0.3) is 5.70 Å². The van der Waals surface area contributed by atoms with Gasteiger partial charge in [-0.1, -0.05) is 34.9 Å². The van der Waals surface area contributed by atoms with E-state index in [-0.39, 0.29) is 5.82 Å². The Morgan fingerprint density at radius 2 is 1.97 bits per heavy atom. The van der Waals surface area contributed by atoms with Crippen LogP contribution in [-0.4, -0.2) is 25.2 Å². The van der Waals surface area contributed by atoms with Crippen LogP contribution in [0.5, 0.6) is 5.75 Å². The predicted molar refractivity (Wildman–Crippen MR) is 112 cm³/mol. The molecule has 0 spiro atoms. The first kappa shape index (κ1) is 18.0. The minimum atomic E-state index is -0.575. The van der Waals surface area contributed by atoms with E-state index < -0.39 is 12.1 Å². The highest BCUT2D eigenvalue weighted by atomic mass is 35.5. The second kappa shape index (κ2) is 6.88. The first-order valence-electron chi connectivity index (χ1n) is 9.60. The fourth-order valence-corrected chi connectivity index (χ4v) is 4.34. The van der Waals surface area contributed by atoms with Gasteiger partial charge >= 0.3 is 0 Å². The van der Waals surface area contributed by atoms with Crippen molar-refractivity contribution in [2.75, 3.05) is 5.32 Å². The van der Waals surface area contributed by atoms with Crippen molar-refractivity contribution >= 4 is 23.2 Å². The first-order valence-corrected chi connectivity index (χ1v) is 9.98. The molecule has 0 fully saturated rings. The molecule has 0 unspecified atom stereocenters. The maximum absolute atomic E-state index is 14.2. The van der Waals surface area contributed by atoms with Crippen molar-refractivity contribution in [1.82, 2.24) is 25.2 Å². The summed E-state index contributed by atoms with van der Waals surface area (Å²) in [6.07, 6.45) is 2.90. The highest BCUT2D eigenvalue weighted by Crippen LogP contribution is 2.50. The molecule has 6 rings (SSSR count). The van der Waals surface area contributed by atoms with Crippen molar-refractivity contribution in [2.24, 2.45) is 0 Å². The lowest BCUT2D eigenvalue weighted by atomic mass is 9.85. The van der Waals surface area contributed by atoms with Crippen LogP contribution in [0.2, 0.25) is 5.02 Å². The van der Waals surface area contributed by atoms with Gasteiger partial charge in [0.25, 0.3) is 0 Å². The summed E-state index contributed by atoms with van der Waals surface area (Å²) in [6.45, 7) is 0. The smallest absolute Gasteiger partial charge is 0.248 e. The van der Waals surface area contributed by atoms with E-state index in [0.29, 0.717) is 22.3 Å². The molecule has 31 heavy (non-hydrogen) atoms. The van der Waals surface area contributed by atoms with E-state index in [1.165, 1.54) is 12.1 Å². The van der Waals surface area contributed by atoms with Crippen LogP contribution >= 0.6 is 11.6 Å². The van der Waals surface area contributed by atoms with Gasteiger partial charge in [0.15, 0.2) is 0 Å². The van der Waals surface area contributed by atoms with Crippen LogP contribution in [0, 0.1) is 5.82 Å². The van der Waals surface area contributed by atoms with Crippen LogP contribution in [0.3, 0.4) is 0 Å². The van der Waals surface area contributed by atoms with Crippen molar-refractivity contribution in [2.45, 2.75) is 12.1 Å². The quantitative estimate of drug-likeness (QED) is 0.505. The monoisotopic (exact) mass is 432 g/mol. The number of hydrogen-bond donors (Lipinski definition) is 1. The lowest BCUT2D eigenvalue weighted by molar-refractivity contribution is 0.222. The van der Waals surface area contributed by atoms with Gasteiger partial charge in [-0.2, -0.15) is 4.68 Å². The van der Waals surface area contributed by atoms with Gasteiger partial charge in [0, 0.05) is 28.6 Å². The molecule has 0 saturated carbocycles. The molecule has 0 amide bonds. The Morgan fingerprint density at radius 3 is 2.81 bits per heavy atom. The Bertz CT molecular complexity index is 1340. The second-order valence-electron chi connectivity index (χ2n) is 7.28. The number of rotatable bonds is 2. The molecular formula is C22H14ClFN6O. The van der Waals surface area contributed by atoms with Gasteiger partial charge in [-0.25, -0.2) is 4.39 Å². The zero-order valence-electron chi connectivity index (χ0n) is 15.9. The predicted octanol–water partition coefficient (Wildman–Crippen LogP) is 4.42. The van der Waals surface area contributed by atoms with E-state index in [4.69, 9.17) is 16.3 Å². The third kappa shape index (κ3) is 2.87. The molecule has 0 bridgehead atoms. The molecule has 4 heterocycles. The van der Waals surface area contributed by atoms with Crippen LogP contribution < -0.4 is 10.1 Å². The summed E-state index contributed by atoms with van der Waals surface area (Å²) in [5.41, 5.74) is 3.97. The third-order valence-electron chi connectivity index (χ3n) is 5.45. The standard InChI is InChI=1S/C22H14ClFN6O/c23-14-6-7-17-16(10-14)19-18(21(31-17)12-3-1-5-15(24)9-12)20(13-4-2-8-25-11-13)30-22(26-19)27-28-29-30/h1-11,20-21H,(H,26,27,29)/t20-,21-/m0/s1. The molecule has 2 aromatic carbocycles. The van der Waals surface area contributed by atoms with Gasteiger partial charge in [-0.3, -0.25) is 4.98 Å². The maximum atomic E-state index is 14.2. The zero-order valence-corrected chi connectivity index (χ0v) is 16.7. The summed E-state index contributed by atoms with van der Waals surface area (Å²) in [6, 6.07) is 15.2. The minimum absolute atomic E-state index is 0.338. The number of hydrogen-bond acceptors (Lipinski definition) is 6. The Kier molecular flexibility index (Phi) is 4.00. The van der Waals surface area contributed by atoms with E-state index >= 15 is 0 Å². The Morgan fingerprint density at radius 1 is 1.06 bits per heavy atom. The van der Waals surface area contributed by atoms with Crippen molar-refractivity contribution in [3.63, 3.8) is 0 Å². The number of anilines is 1. The molecule has 2 aromatic heterocycles. The molecule has 0 aliphatic carbocycles. The Balaban J connectivity index is 1.65. The average molecular weight is 433 g/mol. The number of halogens is 2. The van der Waals surface area contributed by atoms with Gasteiger partial charge in [0.2, 0.25) is 5.95 Å². The number of ether oxygens (including phenoxy) is 1. The summed E-state index contributed by atoms with van der Waals surface area (Å²) in [7, 11) is 0. The number of fused-ring (bicyclic) bond motifs is 3. The molecule has 9 heteroatoms. The topological polar surface area (TPSA) is 77.8 Å².